The summed E-state index contributed by atoms with van der Waals surface area (Å²) in [6, 6.07) is 1.46. The maximum absolute atomic E-state index is 3.77. The zero-order valence-electron chi connectivity index (χ0n) is 10.8. The Morgan fingerprint density at radius 3 is 2.67 bits per heavy atom. The van der Waals surface area contributed by atoms with Crippen molar-refractivity contribution in [1.82, 2.24) is 5.32 Å². The van der Waals surface area contributed by atoms with Gasteiger partial charge in [0, 0.05) is 12.1 Å². The Morgan fingerprint density at radius 2 is 2.13 bits per heavy atom. The van der Waals surface area contributed by atoms with Crippen molar-refractivity contribution < 1.29 is 0 Å². The Hall–Kier alpha value is -0.300. The molecule has 1 rings (SSSR count). The molecule has 1 fully saturated rings. The van der Waals surface area contributed by atoms with Gasteiger partial charge in [-0.3, -0.25) is 0 Å². The van der Waals surface area contributed by atoms with Crippen LogP contribution < -0.4 is 5.32 Å². The van der Waals surface area contributed by atoms with Gasteiger partial charge in [0.05, 0.1) is 0 Å². The van der Waals surface area contributed by atoms with Crippen molar-refractivity contribution in [2.45, 2.75) is 71.9 Å². The number of hydrogen-bond acceptors (Lipinski definition) is 1. The lowest BCUT2D eigenvalue weighted by Crippen LogP contribution is -2.37. The Morgan fingerprint density at radius 1 is 1.40 bits per heavy atom. The van der Waals surface area contributed by atoms with Gasteiger partial charge in [-0.15, -0.1) is 0 Å². The van der Waals surface area contributed by atoms with E-state index >= 15 is 0 Å². The molecule has 0 saturated heterocycles. The van der Waals surface area contributed by atoms with Crippen LogP contribution in [0.5, 0.6) is 0 Å². The highest BCUT2D eigenvalue weighted by Gasteiger charge is 2.23. The van der Waals surface area contributed by atoms with E-state index in [1.54, 1.807) is 0 Å². The smallest absolute Gasteiger partial charge is 0.00951 e. The van der Waals surface area contributed by atoms with Crippen LogP contribution in [0.3, 0.4) is 0 Å². The van der Waals surface area contributed by atoms with E-state index in [0.29, 0.717) is 6.04 Å². The molecule has 0 radical (unpaired) electrons. The first-order valence-electron chi connectivity index (χ1n) is 6.49. The topological polar surface area (TPSA) is 12.0 Å². The number of nitrogens with one attached hydrogen (secondary N) is 1. The zero-order chi connectivity index (χ0) is 11.3. The van der Waals surface area contributed by atoms with Crippen molar-refractivity contribution in [3.63, 3.8) is 0 Å². The van der Waals surface area contributed by atoms with E-state index in [0.717, 1.165) is 12.0 Å². The molecule has 0 aliphatic heterocycles. The van der Waals surface area contributed by atoms with E-state index in [2.05, 4.69) is 39.1 Å². The first-order chi connectivity index (χ1) is 7.09. The second-order valence-electron chi connectivity index (χ2n) is 5.44. The third kappa shape index (κ3) is 4.83. The van der Waals surface area contributed by atoms with Crippen molar-refractivity contribution in [3.05, 3.63) is 11.6 Å². The van der Waals surface area contributed by atoms with Gasteiger partial charge in [-0.25, -0.2) is 0 Å². The summed E-state index contributed by atoms with van der Waals surface area (Å²) in [4.78, 5) is 0. The quantitative estimate of drug-likeness (QED) is 0.677. The van der Waals surface area contributed by atoms with Crippen molar-refractivity contribution in [2.24, 2.45) is 5.92 Å². The predicted molar refractivity (Wildman–Crippen MR) is 68.1 cm³/mol. The predicted octanol–water partition coefficient (Wildman–Crippen LogP) is 3.90. The van der Waals surface area contributed by atoms with Crippen LogP contribution in [0.2, 0.25) is 0 Å². The first kappa shape index (κ1) is 12.8. The molecule has 0 aromatic rings. The summed E-state index contributed by atoms with van der Waals surface area (Å²) in [6.45, 7) is 9.06. The number of hydrogen-bond donors (Lipinski definition) is 1. The second kappa shape index (κ2) is 6.32. The number of allylic oxidation sites excluding steroid dienone is 2. The van der Waals surface area contributed by atoms with Gasteiger partial charge in [0.25, 0.3) is 0 Å². The minimum absolute atomic E-state index is 0.672. The molecular formula is C14H27N. The molecule has 0 bridgehead atoms. The van der Waals surface area contributed by atoms with Crippen molar-refractivity contribution >= 4 is 0 Å². The molecule has 88 valence electrons. The summed E-state index contributed by atoms with van der Waals surface area (Å²) in [5.74, 6) is 0.885. The summed E-state index contributed by atoms with van der Waals surface area (Å²) < 4.78 is 0. The average Bonchev–Trinajstić information content (AvgIpc) is 2.51. The highest BCUT2D eigenvalue weighted by atomic mass is 15.0. The fourth-order valence-corrected chi connectivity index (χ4v) is 2.46. The van der Waals surface area contributed by atoms with E-state index in [4.69, 9.17) is 0 Å². The van der Waals surface area contributed by atoms with Crippen molar-refractivity contribution in [1.29, 1.82) is 0 Å². The lowest BCUT2D eigenvalue weighted by Gasteiger charge is -2.22. The van der Waals surface area contributed by atoms with Gasteiger partial charge in [-0.05, 0) is 52.4 Å². The monoisotopic (exact) mass is 209 g/mol. The summed E-state index contributed by atoms with van der Waals surface area (Å²) in [5.41, 5.74) is 1.44. The van der Waals surface area contributed by atoms with Gasteiger partial charge in [0.15, 0.2) is 0 Å². The van der Waals surface area contributed by atoms with E-state index in [9.17, 15) is 0 Å². The highest BCUT2D eigenvalue weighted by Crippen LogP contribution is 2.25. The Kier molecular flexibility index (Phi) is 5.38. The Labute approximate surface area is 95.3 Å². The molecule has 0 amide bonds. The summed E-state index contributed by atoms with van der Waals surface area (Å²) in [7, 11) is 0. The summed E-state index contributed by atoms with van der Waals surface area (Å²) in [6.07, 6.45) is 9.05. The van der Waals surface area contributed by atoms with Crippen LogP contribution in [-0.2, 0) is 0 Å². The van der Waals surface area contributed by atoms with Gasteiger partial charge in [-0.2, -0.15) is 0 Å². The maximum atomic E-state index is 3.77. The summed E-state index contributed by atoms with van der Waals surface area (Å²) in [5, 5.41) is 3.77. The number of rotatable bonds is 5. The fourth-order valence-electron chi connectivity index (χ4n) is 2.46. The van der Waals surface area contributed by atoms with Crippen LogP contribution in [0.25, 0.3) is 0 Å². The molecule has 3 unspecified atom stereocenters. The van der Waals surface area contributed by atoms with Crippen LogP contribution in [-0.4, -0.2) is 12.1 Å². The third-order valence-corrected chi connectivity index (χ3v) is 3.51. The van der Waals surface area contributed by atoms with Gasteiger partial charge in [0.2, 0.25) is 0 Å². The molecule has 1 aliphatic rings. The lowest BCUT2D eigenvalue weighted by molar-refractivity contribution is 0.373. The van der Waals surface area contributed by atoms with Crippen molar-refractivity contribution in [3.8, 4) is 0 Å². The molecule has 1 N–H and O–H groups in total. The van der Waals surface area contributed by atoms with Gasteiger partial charge in [0.1, 0.15) is 0 Å². The van der Waals surface area contributed by atoms with E-state index < -0.39 is 0 Å². The van der Waals surface area contributed by atoms with Crippen LogP contribution in [0.4, 0.5) is 0 Å². The third-order valence-electron chi connectivity index (χ3n) is 3.51. The summed E-state index contributed by atoms with van der Waals surface area (Å²) >= 11 is 0. The van der Waals surface area contributed by atoms with Crippen LogP contribution >= 0.6 is 0 Å². The minimum Gasteiger partial charge on any atom is -0.311 e. The molecule has 1 heteroatoms. The molecule has 15 heavy (non-hydrogen) atoms. The molecule has 0 spiro atoms. The van der Waals surface area contributed by atoms with Gasteiger partial charge < -0.3 is 5.32 Å². The highest BCUT2D eigenvalue weighted by molar-refractivity contribution is 4.93. The van der Waals surface area contributed by atoms with Crippen LogP contribution in [0.15, 0.2) is 11.6 Å². The standard InChI is InChI=1S/C14H27N/c1-11(2)7-5-9-13(4)15-14-10-6-8-12(14)3/h7,12-15H,5-6,8-10H2,1-4H3. The van der Waals surface area contributed by atoms with E-state index in [-0.39, 0.29) is 0 Å². The average molecular weight is 209 g/mol. The molecule has 1 saturated carbocycles. The molecular weight excluding hydrogens is 182 g/mol. The van der Waals surface area contributed by atoms with E-state index in [1.165, 1.54) is 37.7 Å². The molecule has 0 heterocycles. The molecule has 1 aliphatic carbocycles. The molecule has 0 aromatic heterocycles. The maximum Gasteiger partial charge on any atom is 0.00951 e. The second-order valence-corrected chi connectivity index (χ2v) is 5.44. The molecule has 3 atom stereocenters. The van der Waals surface area contributed by atoms with Gasteiger partial charge >= 0.3 is 0 Å². The fraction of sp³-hybridized carbons (Fsp3) is 0.857. The lowest BCUT2D eigenvalue weighted by atomic mass is 10.0. The largest absolute Gasteiger partial charge is 0.311 e. The zero-order valence-corrected chi connectivity index (χ0v) is 10.8. The van der Waals surface area contributed by atoms with Crippen LogP contribution in [0.1, 0.15) is 59.8 Å². The Balaban J connectivity index is 2.17. The SMILES string of the molecule is CC(C)=CCCC(C)NC1CCCC1C. The Bertz CT molecular complexity index is 203. The molecule has 0 aromatic carbocycles. The van der Waals surface area contributed by atoms with E-state index in [1.807, 2.05) is 0 Å². The van der Waals surface area contributed by atoms with Crippen LogP contribution in [0, 0.1) is 5.92 Å². The molecule has 1 nitrogen and oxygen atoms in total. The van der Waals surface area contributed by atoms with Crippen molar-refractivity contribution in [2.75, 3.05) is 0 Å². The van der Waals surface area contributed by atoms with Gasteiger partial charge in [-0.1, -0.05) is 25.0 Å². The first-order valence-corrected chi connectivity index (χ1v) is 6.49. The minimum atomic E-state index is 0.672. The normalized spacial score (nSPS) is 27.7.